The van der Waals surface area contributed by atoms with Crippen LogP contribution in [-0.4, -0.2) is 16.9 Å². The fourth-order valence-corrected chi connectivity index (χ4v) is 2.64. The predicted octanol–water partition coefficient (Wildman–Crippen LogP) is 3.95. The van der Waals surface area contributed by atoms with Gasteiger partial charge in [-0.2, -0.15) is 0 Å². The number of carboxylic acids is 1. The topological polar surface area (TPSA) is 54.4 Å². The largest absolute Gasteiger partial charge is 0.481 e. The van der Waals surface area contributed by atoms with Crippen molar-refractivity contribution in [1.29, 1.82) is 0 Å². The van der Waals surface area contributed by atoms with Crippen LogP contribution in [0.3, 0.4) is 0 Å². The third kappa shape index (κ3) is 6.77. The molecule has 0 bridgehead atoms. The van der Waals surface area contributed by atoms with Gasteiger partial charge < -0.3 is 5.11 Å². The maximum Gasteiger partial charge on any atom is 0.306 e. The van der Waals surface area contributed by atoms with Crippen molar-refractivity contribution in [2.45, 2.75) is 77.0 Å². The van der Waals surface area contributed by atoms with E-state index in [1.807, 2.05) is 0 Å². The Morgan fingerprint density at radius 3 is 1.94 bits per heavy atom. The van der Waals surface area contributed by atoms with Gasteiger partial charge in [-0.3, -0.25) is 9.59 Å². The lowest BCUT2D eigenvalue weighted by Crippen LogP contribution is -2.18. The van der Waals surface area contributed by atoms with Gasteiger partial charge in [-0.25, -0.2) is 0 Å². The fourth-order valence-electron chi connectivity index (χ4n) is 2.64. The lowest BCUT2D eigenvalue weighted by Gasteiger charge is -2.12. The second-order valence-corrected chi connectivity index (χ2v) is 5.50. The lowest BCUT2D eigenvalue weighted by molar-refractivity contribution is -0.144. The molecule has 0 heterocycles. The highest BCUT2D eigenvalue weighted by molar-refractivity contribution is 5.83. The first-order valence-electron chi connectivity index (χ1n) is 7.44. The minimum atomic E-state index is -0.796. The monoisotopic (exact) mass is 254 g/mol. The molecular weight excluding hydrogens is 228 g/mol. The van der Waals surface area contributed by atoms with Crippen molar-refractivity contribution in [1.82, 2.24) is 0 Å². The molecule has 3 nitrogen and oxygen atoms in total. The Kier molecular flexibility index (Phi) is 7.70. The van der Waals surface area contributed by atoms with E-state index in [1.165, 1.54) is 32.1 Å². The molecule has 104 valence electrons. The van der Waals surface area contributed by atoms with E-state index >= 15 is 0 Å². The zero-order valence-corrected chi connectivity index (χ0v) is 11.3. The third-order valence-corrected chi connectivity index (χ3v) is 3.83. The average molecular weight is 254 g/mol. The standard InChI is InChI=1S/C15H26O3/c16-14-11-9-7-5-3-1-2-4-6-8-10-13(12-14)15(17)18/h13H,1-12H2,(H,17,18). The van der Waals surface area contributed by atoms with Crippen molar-refractivity contribution < 1.29 is 14.7 Å². The summed E-state index contributed by atoms with van der Waals surface area (Å²) in [5, 5.41) is 9.11. The molecule has 1 fully saturated rings. The average Bonchev–Trinajstić information content (AvgIpc) is 2.33. The molecule has 1 atom stereocenters. The van der Waals surface area contributed by atoms with Gasteiger partial charge in [-0.1, -0.05) is 51.4 Å². The first-order chi connectivity index (χ1) is 8.70. The smallest absolute Gasteiger partial charge is 0.306 e. The third-order valence-electron chi connectivity index (χ3n) is 3.83. The van der Waals surface area contributed by atoms with Crippen LogP contribution in [0, 0.1) is 5.92 Å². The van der Waals surface area contributed by atoms with Crippen LogP contribution in [0.15, 0.2) is 0 Å². The van der Waals surface area contributed by atoms with Gasteiger partial charge in [0.25, 0.3) is 0 Å². The number of Topliss-reactive ketones (excluding diaryl/α,β-unsaturated/α-hetero) is 1. The minimum absolute atomic E-state index is 0.138. The molecule has 1 aliphatic rings. The number of carbonyl (C=O) groups is 2. The number of hydrogen-bond acceptors (Lipinski definition) is 2. The van der Waals surface area contributed by atoms with Gasteiger partial charge in [-0.05, 0) is 12.8 Å². The molecule has 0 aliphatic heterocycles. The Morgan fingerprint density at radius 1 is 0.889 bits per heavy atom. The van der Waals surface area contributed by atoms with Crippen molar-refractivity contribution >= 4 is 11.8 Å². The van der Waals surface area contributed by atoms with Crippen molar-refractivity contribution in [3.63, 3.8) is 0 Å². The molecule has 0 radical (unpaired) electrons. The molecule has 3 heteroatoms. The van der Waals surface area contributed by atoms with Gasteiger partial charge in [0.1, 0.15) is 5.78 Å². The molecule has 1 aliphatic carbocycles. The SMILES string of the molecule is O=C1CCCCCCCCCCCC(C(=O)O)C1. The number of hydrogen-bond donors (Lipinski definition) is 1. The van der Waals surface area contributed by atoms with E-state index in [9.17, 15) is 9.59 Å². The highest BCUT2D eigenvalue weighted by atomic mass is 16.4. The Morgan fingerprint density at radius 2 is 1.39 bits per heavy atom. The summed E-state index contributed by atoms with van der Waals surface area (Å²) in [6, 6.07) is 0. The first kappa shape index (κ1) is 15.2. The summed E-state index contributed by atoms with van der Waals surface area (Å²) in [5.74, 6) is -1.10. The number of aliphatic carboxylic acids is 1. The molecule has 1 unspecified atom stereocenters. The first-order valence-corrected chi connectivity index (χ1v) is 7.44. The summed E-state index contributed by atoms with van der Waals surface area (Å²) in [7, 11) is 0. The van der Waals surface area contributed by atoms with Crippen molar-refractivity contribution in [3.8, 4) is 0 Å². The molecule has 0 aromatic rings. The van der Waals surface area contributed by atoms with Gasteiger partial charge in [0.2, 0.25) is 0 Å². The van der Waals surface area contributed by atoms with E-state index < -0.39 is 11.9 Å². The van der Waals surface area contributed by atoms with E-state index in [0.717, 1.165) is 25.7 Å². The van der Waals surface area contributed by atoms with E-state index in [0.29, 0.717) is 12.8 Å². The van der Waals surface area contributed by atoms with Crippen molar-refractivity contribution in [2.75, 3.05) is 0 Å². The van der Waals surface area contributed by atoms with Crippen LogP contribution in [0.5, 0.6) is 0 Å². The van der Waals surface area contributed by atoms with E-state index in [2.05, 4.69) is 0 Å². The second-order valence-electron chi connectivity index (χ2n) is 5.50. The van der Waals surface area contributed by atoms with Crippen LogP contribution in [0.25, 0.3) is 0 Å². The minimum Gasteiger partial charge on any atom is -0.481 e. The van der Waals surface area contributed by atoms with E-state index in [1.54, 1.807) is 0 Å². The van der Waals surface area contributed by atoms with Crippen LogP contribution in [0.1, 0.15) is 77.0 Å². The van der Waals surface area contributed by atoms with Crippen LogP contribution in [0.4, 0.5) is 0 Å². The highest BCUT2D eigenvalue weighted by Gasteiger charge is 2.20. The Balaban J connectivity index is 2.41. The Hall–Kier alpha value is -0.860. The fraction of sp³-hybridized carbons (Fsp3) is 0.867. The lowest BCUT2D eigenvalue weighted by atomic mass is 9.93. The summed E-state index contributed by atoms with van der Waals surface area (Å²) in [5.41, 5.74) is 0. The number of ketones is 1. The zero-order valence-electron chi connectivity index (χ0n) is 11.3. The summed E-state index contributed by atoms with van der Waals surface area (Å²) in [6.45, 7) is 0. The van der Waals surface area contributed by atoms with Gasteiger partial charge in [0.15, 0.2) is 0 Å². The van der Waals surface area contributed by atoms with Crippen LogP contribution < -0.4 is 0 Å². The zero-order chi connectivity index (χ0) is 13.2. The van der Waals surface area contributed by atoms with Crippen LogP contribution in [0.2, 0.25) is 0 Å². The summed E-state index contributed by atoms with van der Waals surface area (Å²) in [4.78, 5) is 22.8. The van der Waals surface area contributed by atoms with Gasteiger partial charge in [0.05, 0.1) is 5.92 Å². The molecule has 18 heavy (non-hydrogen) atoms. The van der Waals surface area contributed by atoms with E-state index in [4.69, 9.17) is 5.11 Å². The van der Waals surface area contributed by atoms with Crippen molar-refractivity contribution in [3.05, 3.63) is 0 Å². The quantitative estimate of drug-likeness (QED) is 0.770. The number of carboxylic acid groups (broad SMARTS) is 1. The molecule has 0 amide bonds. The number of carbonyl (C=O) groups excluding carboxylic acids is 1. The molecule has 0 spiro atoms. The molecule has 1 N–H and O–H groups in total. The molecule has 0 saturated heterocycles. The molecular formula is C15H26O3. The highest BCUT2D eigenvalue weighted by Crippen LogP contribution is 2.19. The molecule has 0 aromatic carbocycles. The predicted molar refractivity (Wildman–Crippen MR) is 71.5 cm³/mol. The van der Waals surface area contributed by atoms with Gasteiger partial charge >= 0.3 is 5.97 Å². The van der Waals surface area contributed by atoms with Gasteiger partial charge in [-0.15, -0.1) is 0 Å². The number of rotatable bonds is 1. The molecule has 0 aromatic heterocycles. The van der Waals surface area contributed by atoms with Crippen LogP contribution in [-0.2, 0) is 9.59 Å². The van der Waals surface area contributed by atoms with Crippen LogP contribution >= 0.6 is 0 Å². The van der Waals surface area contributed by atoms with Gasteiger partial charge in [0, 0.05) is 12.8 Å². The Labute approximate surface area is 110 Å². The van der Waals surface area contributed by atoms with E-state index in [-0.39, 0.29) is 12.2 Å². The molecule has 1 rings (SSSR count). The second kappa shape index (κ2) is 9.12. The summed E-state index contributed by atoms with van der Waals surface area (Å²) >= 11 is 0. The van der Waals surface area contributed by atoms with Crippen molar-refractivity contribution in [2.24, 2.45) is 5.92 Å². The Bertz CT molecular complexity index is 260. The summed E-state index contributed by atoms with van der Waals surface area (Å²) < 4.78 is 0. The maximum absolute atomic E-state index is 11.7. The normalized spacial score (nSPS) is 25.3. The summed E-state index contributed by atoms with van der Waals surface area (Å²) in [6.07, 6.45) is 11.9. The molecule has 1 saturated carbocycles. The maximum atomic E-state index is 11.7.